The number of aliphatic hydroxyl groups excluding tert-OH is 1. The average molecular weight is 863 g/mol. The molecule has 0 bridgehead atoms. The van der Waals surface area contributed by atoms with E-state index in [4.69, 9.17) is 23.1 Å². The van der Waals surface area contributed by atoms with Gasteiger partial charge in [-0.3, -0.25) is 14.1 Å². The number of aliphatic hydroxyl groups is 1. The van der Waals surface area contributed by atoms with E-state index in [1.165, 1.54) is 174 Å². The first-order valence-corrected chi connectivity index (χ1v) is 25.9. The lowest BCUT2D eigenvalue weighted by Crippen LogP contribution is -2.62. The van der Waals surface area contributed by atoms with E-state index in [0.717, 1.165) is 38.5 Å². The van der Waals surface area contributed by atoms with Crippen LogP contribution in [0, 0.1) is 0 Å². The van der Waals surface area contributed by atoms with Crippen molar-refractivity contribution < 1.29 is 50.8 Å². The van der Waals surface area contributed by atoms with Crippen molar-refractivity contribution in [3.05, 3.63) is 0 Å². The molecule has 0 spiro atoms. The second kappa shape index (κ2) is 38.4. The fourth-order valence-corrected chi connectivity index (χ4v) is 8.66. The van der Waals surface area contributed by atoms with Crippen LogP contribution in [0.15, 0.2) is 0 Å². The number of ether oxygens (including phenoxy) is 4. The van der Waals surface area contributed by atoms with Crippen molar-refractivity contribution in [1.29, 1.82) is 0 Å². The van der Waals surface area contributed by atoms with Gasteiger partial charge in [0.05, 0.1) is 6.61 Å². The molecule has 5 atom stereocenters. The molecule has 0 aromatic carbocycles. The molecule has 1 heterocycles. The molecular weight excluding hydrogens is 773 g/mol. The highest BCUT2D eigenvalue weighted by molar-refractivity contribution is 7.80. The van der Waals surface area contributed by atoms with Crippen molar-refractivity contribution in [3.8, 4) is 0 Å². The third kappa shape index (κ3) is 31.2. The maximum absolute atomic E-state index is 13.1. The highest BCUT2D eigenvalue weighted by Crippen LogP contribution is 2.31. The van der Waals surface area contributed by atoms with Crippen LogP contribution in [0.5, 0.6) is 0 Å². The molecule has 12 heteroatoms. The predicted octanol–water partition coefficient (Wildman–Crippen LogP) is 12.4. The molecule has 0 unspecified atom stereocenters. The minimum Gasteiger partial charge on any atom is -0.455 e. The molecule has 1 saturated heterocycles. The van der Waals surface area contributed by atoms with E-state index < -0.39 is 59.7 Å². The van der Waals surface area contributed by atoms with Crippen LogP contribution < -0.4 is 0 Å². The summed E-state index contributed by atoms with van der Waals surface area (Å²) in [7, 11) is -3.76. The number of hydrogen-bond donors (Lipinski definition) is 2. The molecule has 0 aliphatic carbocycles. The lowest BCUT2D eigenvalue weighted by molar-refractivity contribution is -0.296. The normalized spacial score (nSPS) is 19.6. The maximum Gasteiger partial charge on any atom is 0.397 e. The molecule has 1 rings (SSSR count). The van der Waals surface area contributed by atoms with Gasteiger partial charge in [-0.15, -0.1) is 0 Å². The average Bonchev–Trinajstić information content (AvgIpc) is 3.21. The Hall–Kier alpha value is -1.31. The molecule has 0 aromatic heterocycles. The number of carbonyl (C=O) groups is 2. The zero-order chi connectivity index (χ0) is 43.2. The summed E-state index contributed by atoms with van der Waals surface area (Å²) < 4.78 is 60.5. The van der Waals surface area contributed by atoms with Crippen LogP contribution in [0.4, 0.5) is 0 Å². The summed E-state index contributed by atoms with van der Waals surface area (Å²) >= 11 is 0. The van der Waals surface area contributed by atoms with Crippen molar-refractivity contribution in [1.82, 2.24) is 0 Å². The second-order valence-electron chi connectivity index (χ2n) is 17.2. The van der Waals surface area contributed by atoms with E-state index in [9.17, 15) is 27.7 Å². The van der Waals surface area contributed by atoms with Gasteiger partial charge in [0.25, 0.3) is 0 Å². The first kappa shape index (κ1) is 55.7. The van der Waals surface area contributed by atoms with Crippen molar-refractivity contribution in [2.24, 2.45) is 0 Å². The lowest BCUT2D eigenvalue weighted by Gasteiger charge is -2.43. The van der Waals surface area contributed by atoms with Crippen molar-refractivity contribution >= 4 is 22.3 Å². The molecule has 1 fully saturated rings. The van der Waals surface area contributed by atoms with Gasteiger partial charge in [0, 0.05) is 20.0 Å². The van der Waals surface area contributed by atoms with Gasteiger partial charge in [-0.1, -0.05) is 219 Å². The van der Waals surface area contributed by atoms with E-state index in [1.54, 1.807) is 0 Å². The molecule has 11 nitrogen and oxygen atoms in total. The monoisotopic (exact) mass is 863 g/mol. The molecule has 2 N–H and O–H groups in total. The fraction of sp³-hybridized carbons (Fsp3) is 0.957. The SMILES string of the molecule is CCCCCCCCCCCCCCCCCCCC(=O)O[C@@H]1[C@@H](OC(=O)CCCCCCCCCCCCCCCCCCC)[C@@H](OC)O[C@H](CO)[C@H]1OS(=O)(=O)O. The minimum absolute atomic E-state index is 0.0654. The molecule has 0 radical (unpaired) electrons. The smallest absolute Gasteiger partial charge is 0.397 e. The van der Waals surface area contributed by atoms with E-state index >= 15 is 0 Å². The summed E-state index contributed by atoms with van der Waals surface area (Å²) in [5.74, 6) is -1.22. The molecule has 0 amide bonds. The van der Waals surface area contributed by atoms with Crippen LogP contribution in [0.2, 0.25) is 0 Å². The Morgan fingerprint density at radius 1 is 0.475 bits per heavy atom. The highest BCUT2D eigenvalue weighted by Gasteiger charge is 2.52. The Bertz CT molecular complexity index is 1090. The number of esters is 2. The molecule has 0 saturated carbocycles. The largest absolute Gasteiger partial charge is 0.455 e. The fourth-order valence-electron chi connectivity index (χ4n) is 8.14. The summed E-state index contributed by atoms with van der Waals surface area (Å²) in [5.41, 5.74) is 0. The van der Waals surface area contributed by atoms with E-state index in [1.807, 2.05) is 0 Å². The van der Waals surface area contributed by atoms with E-state index in [2.05, 4.69) is 13.8 Å². The molecule has 350 valence electrons. The molecule has 59 heavy (non-hydrogen) atoms. The first-order valence-electron chi connectivity index (χ1n) is 24.5. The Labute approximate surface area is 361 Å². The van der Waals surface area contributed by atoms with Gasteiger partial charge in [0.1, 0.15) is 12.2 Å². The Morgan fingerprint density at radius 2 is 0.763 bits per heavy atom. The topological polar surface area (TPSA) is 155 Å². The molecule has 1 aliphatic heterocycles. The molecular formula is C47H90O11S. The summed E-state index contributed by atoms with van der Waals surface area (Å²) in [6.45, 7) is 3.79. The quantitative estimate of drug-likeness (QED) is 0.0342. The van der Waals surface area contributed by atoms with Crippen LogP contribution in [-0.4, -0.2) is 74.4 Å². The van der Waals surface area contributed by atoms with E-state index in [-0.39, 0.29) is 12.8 Å². The van der Waals surface area contributed by atoms with Gasteiger partial charge in [-0.25, -0.2) is 4.18 Å². The van der Waals surface area contributed by atoms with Gasteiger partial charge >= 0.3 is 22.3 Å². The van der Waals surface area contributed by atoms with Crippen molar-refractivity contribution in [2.75, 3.05) is 13.7 Å². The number of rotatable bonds is 42. The van der Waals surface area contributed by atoms with Crippen LogP contribution in [0.1, 0.15) is 245 Å². The standard InChI is InChI=1S/C47H90O11S/c1-4-6-8-10-12-14-16-18-20-22-24-26-28-30-32-34-36-38-42(49)56-45-44(58-59(51,52)53)41(40-48)55-47(54-3)46(45)57-43(50)39-37-35-33-31-29-27-25-23-21-19-17-15-13-11-9-7-5-2/h41,44-48H,4-40H2,1-3H3,(H,51,52,53)/t41-,44-,45+,46-,47+/m1/s1. The van der Waals surface area contributed by atoms with Crippen LogP contribution in [0.3, 0.4) is 0 Å². The first-order chi connectivity index (χ1) is 28.7. The lowest BCUT2D eigenvalue weighted by atomic mass is 9.98. The zero-order valence-electron chi connectivity index (χ0n) is 38.0. The third-order valence-electron chi connectivity index (χ3n) is 11.7. The summed E-state index contributed by atoms with van der Waals surface area (Å²) in [6.07, 6.45) is 34.5. The van der Waals surface area contributed by atoms with Crippen LogP contribution in [0.25, 0.3) is 0 Å². The number of unbranched alkanes of at least 4 members (excludes halogenated alkanes) is 32. The van der Waals surface area contributed by atoms with Gasteiger partial charge in [-0.05, 0) is 12.8 Å². The second-order valence-corrected chi connectivity index (χ2v) is 18.2. The summed E-state index contributed by atoms with van der Waals surface area (Å²) in [6, 6.07) is 0. The highest BCUT2D eigenvalue weighted by atomic mass is 32.3. The van der Waals surface area contributed by atoms with Gasteiger partial charge in [0.15, 0.2) is 18.5 Å². The predicted molar refractivity (Wildman–Crippen MR) is 236 cm³/mol. The zero-order valence-corrected chi connectivity index (χ0v) is 38.8. The van der Waals surface area contributed by atoms with E-state index in [0.29, 0.717) is 12.8 Å². The molecule has 0 aromatic rings. The number of carbonyl (C=O) groups excluding carboxylic acids is 2. The van der Waals surface area contributed by atoms with Gasteiger partial charge < -0.3 is 24.1 Å². The Kier molecular flexibility index (Phi) is 36.2. The van der Waals surface area contributed by atoms with Crippen LogP contribution >= 0.6 is 0 Å². The van der Waals surface area contributed by atoms with Gasteiger partial charge in [-0.2, -0.15) is 8.42 Å². The molecule has 1 aliphatic rings. The summed E-state index contributed by atoms with van der Waals surface area (Å²) in [5, 5.41) is 9.99. The minimum atomic E-state index is -5.06. The summed E-state index contributed by atoms with van der Waals surface area (Å²) in [4.78, 5) is 26.1. The van der Waals surface area contributed by atoms with Gasteiger partial charge in [0.2, 0.25) is 0 Å². The van der Waals surface area contributed by atoms with Crippen molar-refractivity contribution in [3.63, 3.8) is 0 Å². The maximum atomic E-state index is 13.1. The van der Waals surface area contributed by atoms with Crippen LogP contribution in [-0.2, 0) is 43.1 Å². The Balaban J connectivity index is 2.40. The number of hydrogen-bond acceptors (Lipinski definition) is 10. The van der Waals surface area contributed by atoms with Crippen molar-refractivity contribution in [2.45, 2.75) is 276 Å². The third-order valence-corrected chi connectivity index (χ3v) is 12.2. The number of methoxy groups -OCH3 is 1. The Morgan fingerprint density at radius 3 is 1.03 bits per heavy atom.